The van der Waals surface area contributed by atoms with Crippen LogP contribution in [0.3, 0.4) is 0 Å². The van der Waals surface area contributed by atoms with Gasteiger partial charge in [0.05, 0.1) is 13.1 Å². The highest BCUT2D eigenvalue weighted by Crippen LogP contribution is 2.24. The van der Waals surface area contributed by atoms with Crippen LogP contribution in [0.1, 0.15) is 13.3 Å². The van der Waals surface area contributed by atoms with Gasteiger partial charge in [-0.3, -0.25) is 4.79 Å². The number of carbonyl (C=O) groups is 1. The van der Waals surface area contributed by atoms with E-state index in [4.69, 9.17) is 5.73 Å². The number of alkyl halides is 1. The van der Waals surface area contributed by atoms with Gasteiger partial charge in [-0.05, 0) is 0 Å². The molecule has 0 aromatic heterocycles. The minimum Gasteiger partial charge on any atom is -0.336 e. The second kappa shape index (κ2) is 2.77. The summed E-state index contributed by atoms with van der Waals surface area (Å²) in [4.78, 5) is 12.4. The molecule has 1 aliphatic rings. The second-order valence-electron chi connectivity index (χ2n) is 2.96. The van der Waals surface area contributed by atoms with Crippen LogP contribution >= 0.6 is 0 Å². The van der Waals surface area contributed by atoms with Gasteiger partial charge < -0.3 is 10.6 Å². The van der Waals surface area contributed by atoms with E-state index in [1.165, 1.54) is 4.90 Å². The fourth-order valence-corrected chi connectivity index (χ4v) is 1.17. The van der Waals surface area contributed by atoms with Gasteiger partial charge in [-0.15, -0.1) is 0 Å². The molecule has 2 N–H and O–H groups in total. The normalized spacial score (nSPS) is 21.2. The van der Waals surface area contributed by atoms with Gasteiger partial charge in [-0.25, -0.2) is 4.39 Å². The van der Waals surface area contributed by atoms with E-state index in [2.05, 4.69) is 0 Å². The number of nitrogens with two attached hydrogens (primary N) is 1. The molecular formula is C7H13FN2O. The number of hydrogen-bond acceptors (Lipinski definition) is 2. The Morgan fingerprint density at radius 1 is 1.73 bits per heavy atom. The average molecular weight is 160 g/mol. The summed E-state index contributed by atoms with van der Waals surface area (Å²) in [6.07, 6.45) is 0.445. The zero-order valence-electron chi connectivity index (χ0n) is 6.64. The Balaban J connectivity index is 2.34. The summed E-state index contributed by atoms with van der Waals surface area (Å²) in [7, 11) is 0. The van der Waals surface area contributed by atoms with Gasteiger partial charge >= 0.3 is 0 Å². The molecule has 1 saturated heterocycles. The van der Waals surface area contributed by atoms with Gasteiger partial charge in [-0.2, -0.15) is 0 Å². The molecule has 0 radical (unpaired) electrons. The van der Waals surface area contributed by atoms with E-state index in [0.29, 0.717) is 6.42 Å². The molecular weight excluding hydrogens is 147 g/mol. The maximum Gasteiger partial charge on any atom is 0.222 e. The molecule has 0 aromatic rings. The molecule has 0 unspecified atom stereocenters. The fourth-order valence-electron chi connectivity index (χ4n) is 1.17. The molecule has 11 heavy (non-hydrogen) atoms. The number of rotatable bonds is 2. The SMILES string of the molecule is CCC(=O)N1CC(F)(CN)C1. The van der Waals surface area contributed by atoms with Crippen LogP contribution in [0.25, 0.3) is 0 Å². The predicted octanol–water partition coefficient (Wildman–Crippen LogP) is -0.0944. The first-order valence-electron chi connectivity index (χ1n) is 3.78. The molecule has 1 amide bonds. The van der Waals surface area contributed by atoms with E-state index in [1.54, 1.807) is 6.92 Å². The van der Waals surface area contributed by atoms with E-state index in [9.17, 15) is 9.18 Å². The highest BCUT2D eigenvalue weighted by molar-refractivity contribution is 5.77. The van der Waals surface area contributed by atoms with Crippen LogP contribution in [-0.2, 0) is 4.79 Å². The van der Waals surface area contributed by atoms with E-state index in [1.807, 2.05) is 0 Å². The third-order valence-corrected chi connectivity index (χ3v) is 1.97. The van der Waals surface area contributed by atoms with E-state index in [-0.39, 0.29) is 25.5 Å². The lowest BCUT2D eigenvalue weighted by molar-refractivity contribution is -0.144. The standard InChI is InChI=1S/C7H13FN2O/c1-2-6(11)10-4-7(8,3-9)5-10/h2-5,9H2,1H3. The van der Waals surface area contributed by atoms with Gasteiger partial charge in [0.25, 0.3) is 0 Å². The molecule has 0 aliphatic carbocycles. The lowest BCUT2D eigenvalue weighted by Crippen LogP contribution is -2.64. The quantitative estimate of drug-likeness (QED) is 0.613. The van der Waals surface area contributed by atoms with E-state index < -0.39 is 5.67 Å². The number of carbonyl (C=O) groups excluding carboxylic acids is 1. The molecule has 64 valence electrons. The van der Waals surface area contributed by atoms with Crippen LogP contribution in [0.5, 0.6) is 0 Å². The third-order valence-electron chi connectivity index (χ3n) is 1.97. The van der Waals surface area contributed by atoms with Crippen molar-refractivity contribution in [3.8, 4) is 0 Å². The minimum atomic E-state index is -1.30. The van der Waals surface area contributed by atoms with Crippen LogP contribution in [0.15, 0.2) is 0 Å². The second-order valence-corrected chi connectivity index (χ2v) is 2.96. The summed E-state index contributed by atoms with van der Waals surface area (Å²) in [5.74, 6) is 0.00623. The highest BCUT2D eigenvalue weighted by Gasteiger charge is 2.43. The number of hydrogen-bond donors (Lipinski definition) is 1. The summed E-state index contributed by atoms with van der Waals surface area (Å²) in [5, 5.41) is 0. The maximum atomic E-state index is 13.1. The van der Waals surface area contributed by atoms with Crippen molar-refractivity contribution in [2.75, 3.05) is 19.6 Å². The molecule has 0 saturated carbocycles. The molecule has 3 nitrogen and oxygen atoms in total. The maximum absolute atomic E-state index is 13.1. The van der Waals surface area contributed by atoms with Crippen molar-refractivity contribution in [3.05, 3.63) is 0 Å². The lowest BCUT2D eigenvalue weighted by Gasteiger charge is -2.43. The Morgan fingerprint density at radius 2 is 2.27 bits per heavy atom. The molecule has 1 aliphatic heterocycles. The van der Waals surface area contributed by atoms with Crippen LogP contribution in [0.4, 0.5) is 4.39 Å². The summed E-state index contributed by atoms with van der Waals surface area (Å²) in [6, 6.07) is 0. The Morgan fingerprint density at radius 3 is 2.64 bits per heavy atom. The molecule has 4 heteroatoms. The van der Waals surface area contributed by atoms with Gasteiger partial charge in [0.1, 0.15) is 0 Å². The van der Waals surface area contributed by atoms with Crippen molar-refractivity contribution in [1.29, 1.82) is 0 Å². The van der Waals surface area contributed by atoms with E-state index in [0.717, 1.165) is 0 Å². The Bertz CT molecular complexity index is 166. The fraction of sp³-hybridized carbons (Fsp3) is 0.857. The van der Waals surface area contributed by atoms with Crippen molar-refractivity contribution in [3.63, 3.8) is 0 Å². The van der Waals surface area contributed by atoms with Crippen molar-refractivity contribution in [1.82, 2.24) is 4.90 Å². The predicted molar refractivity (Wildman–Crippen MR) is 39.8 cm³/mol. The van der Waals surface area contributed by atoms with Gasteiger partial charge in [0.2, 0.25) is 5.91 Å². The number of amides is 1. The Kier molecular flexibility index (Phi) is 2.13. The topological polar surface area (TPSA) is 46.3 Å². The smallest absolute Gasteiger partial charge is 0.222 e. The monoisotopic (exact) mass is 160 g/mol. The minimum absolute atomic E-state index is 0.00623. The molecule has 0 spiro atoms. The Hall–Kier alpha value is -0.640. The summed E-state index contributed by atoms with van der Waals surface area (Å²) >= 11 is 0. The van der Waals surface area contributed by atoms with E-state index >= 15 is 0 Å². The van der Waals surface area contributed by atoms with Crippen LogP contribution < -0.4 is 5.73 Å². The third kappa shape index (κ3) is 1.50. The summed E-state index contributed by atoms with van der Waals surface area (Å²) in [5.41, 5.74) is 3.86. The molecule has 0 atom stereocenters. The molecule has 0 aromatic carbocycles. The van der Waals surface area contributed by atoms with Crippen molar-refractivity contribution in [2.45, 2.75) is 19.0 Å². The van der Waals surface area contributed by atoms with Gasteiger partial charge in [0.15, 0.2) is 5.67 Å². The zero-order valence-corrected chi connectivity index (χ0v) is 6.64. The average Bonchev–Trinajstić information content (AvgIpc) is 1.97. The van der Waals surface area contributed by atoms with Crippen molar-refractivity contribution < 1.29 is 9.18 Å². The van der Waals surface area contributed by atoms with Crippen LogP contribution in [-0.4, -0.2) is 36.1 Å². The first-order chi connectivity index (χ1) is 5.11. The largest absolute Gasteiger partial charge is 0.336 e. The van der Waals surface area contributed by atoms with Crippen LogP contribution in [0.2, 0.25) is 0 Å². The molecule has 1 fully saturated rings. The van der Waals surface area contributed by atoms with Crippen LogP contribution in [0, 0.1) is 0 Å². The summed E-state index contributed by atoms with van der Waals surface area (Å²) < 4.78 is 13.1. The summed E-state index contributed by atoms with van der Waals surface area (Å²) in [6.45, 7) is 2.13. The van der Waals surface area contributed by atoms with Gasteiger partial charge in [0, 0.05) is 13.0 Å². The highest BCUT2D eigenvalue weighted by atomic mass is 19.1. The molecule has 1 rings (SSSR count). The first kappa shape index (κ1) is 8.46. The molecule has 0 bridgehead atoms. The van der Waals surface area contributed by atoms with Gasteiger partial charge in [-0.1, -0.05) is 6.92 Å². The number of halogens is 1. The molecule has 1 heterocycles. The van der Waals surface area contributed by atoms with Crippen molar-refractivity contribution in [2.24, 2.45) is 5.73 Å². The number of likely N-dealkylation sites (tertiary alicyclic amines) is 1. The Labute approximate surface area is 65.3 Å². The zero-order chi connectivity index (χ0) is 8.48. The lowest BCUT2D eigenvalue weighted by atomic mass is 9.96. The number of nitrogens with zero attached hydrogens (tertiary/aromatic N) is 1. The van der Waals surface area contributed by atoms with Crippen molar-refractivity contribution >= 4 is 5.91 Å². The first-order valence-corrected chi connectivity index (χ1v) is 3.78.